The van der Waals surface area contributed by atoms with Gasteiger partial charge < -0.3 is 16.0 Å². The highest BCUT2D eigenvalue weighted by Gasteiger charge is 2.37. The van der Waals surface area contributed by atoms with E-state index in [0.717, 1.165) is 10.6 Å². The van der Waals surface area contributed by atoms with Gasteiger partial charge in [0.05, 0.1) is 11.2 Å². The summed E-state index contributed by atoms with van der Waals surface area (Å²) >= 11 is 1.56. The number of rotatable bonds is 5. The summed E-state index contributed by atoms with van der Waals surface area (Å²) in [6.07, 6.45) is 1.59. The summed E-state index contributed by atoms with van der Waals surface area (Å²) in [7, 11) is 0. The Kier molecular flexibility index (Phi) is 5.52. The SMILES string of the molecule is Cc1ncsc1CCC(=O)N1C[C@H](N)C[C@H]1C(=O)NC(C)C. The molecule has 0 aliphatic carbocycles. The number of aromatic nitrogens is 1. The van der Waals surface area contributed by atoms with Crippen LogP contribution in [-0.2, 0) is 16.0 Å². The van der Waals surface area contributed by atoms with Gasteiger partial charge >= 0.3 is 0 Å². The van der Waals surface area contributed by atoms with Crippen molar-refractivity contribution in [3.8, 4) is 0 Å². The molecule has 6 nitrogen and oxygen atoms in total. The van der Waals surface area contributed by atoms with E-state index in [1.807, 2.05) is 20.8 Å². The molecule has 0 saturated carbocycles. The lowest BCUT2D eigenvalue weighted by Gasteiger charge is -2.24. The smallest absolute Gasteiger partial charge is 0.243 e. The molecular formula is C15H24N4O2S. The minimum Gasteiger partial charge on any atom is -0.352 e. The number of aryl methyl sites for hydroxylation is 2. The quantitative estimate of drug-likeness (QED) is 0.840. The first-order chi connectivity index (χ1) is 10.4. The first kappa shape index (κ1) is 16.9. The van der Waals surface area contributed by atoms with E-state index in [4.69, 9.17) is 5.73 Å². The highest BCUT2D eigenvalue weighted by atomic mass is 32.1. The van der Waals surface area contributed by atoms with E-state index >= 15 is 0 Å². The third-order valence-corrected chi connectivity index (χ3v) is 4.79. The molecule has 1 aromatic heterocycles. The summed E-state index contributed by atoms with van der Waals surface area (Å²) in [6, 6.07) is -0.509. The molecule has 2 amide bonds. The molecular weight excluding hydrogens is 300 g/mol. The second-order valence-electron chi connectivity index (χ2n) is 6.08. The summed E-state index contributed by atoms with van der Waals surface area (Å²) in [4.78, 5) is 31.7. The van der Waals surface area contributed by atoms with E-state index in [1.54, 1.807) is 21.7 Å². The lowest BCUT2D eigenvalue weighted by atomic mass is 10.1. The third kappa shape index (κ3) is 4.04. The number of hydrogen-bond acceptors (Lipinski definition) is 5. The van der Waals surface area contributed by atoms with Gasteiger partial charge in [-0.3, -0.25) is 9.59 Å². The Morgan fingerprint density at radius 3 is 2.86 bits per heavy atom. The number of nitrogens with two attached hydrogens (primary N) is 1. The molecule has 2 atom stereocenters. The summed E-state index contributed by atoms with van der Waals surface area (Å²) < 4.78 is 0. The van der Waals surface area contributed by atoms with Gasteiger partial charge in [0.25, 0.3) is 0 Å². The Morgan fingerprint density at radius 1 is 1.55 bits per heavy atom. The maximum Gasteiger partial charge on any atom is 0.243 e. The zero-order chi connectivity index (χ0) is 16.3. The largest absolute Gasteiger partial charge is 0.352 e. The molecule has 1 fully saturated rings. The van der Waals surface area contributed by atoms with Crippen LogP contribution in [0.3, 0.4) is 0 Å². The van der Waals surface area contributed by atoms with Crippen molar-refractivity contribution in [3.05, 3.63) is 16.1 Å². The summed E-state index contributed by atoms with van der Waals surface area (Å²) in [5, 5.41) is 2.87. The molecule has 2 heterocycles. The van der Waals surface area contributed by atoms with Crippen LogP contribution in [0.15, 0.2) is 5.51 Å². The molecule has 0 aromatic carbocycles. The first-order valence-electron chi connectivity index (χ1n) is 7.63. The van der Waals surface area contributed by atoms with Gasteiger partial charge in [-0.05, 0) is 33.6 Å². The van der Waals surface area contributed by atoms with Crippen molar-refractivity contribution in [1.29, 1.82) is 0 Å². The molecule has 0 radical (unpaired) electrons. The highest BCUT2D eigenvalue weighted by molar-refractivity contribution is 7.09. The molecule has 22 heavy (non-hydrogen) atoms. The van der Waals surface area contributed by atoms with Crippen molar-refractivity contribution < 1.29 is 9.59 Å². The number of thiazole rings is 1. The fourth-order valence-corrected chi connectivity index (χ4v) is 3.48. The zero-order valence-corrected chi connectivity index (χ0v) is 14.2. The average molecular weight is 324 g/mol. The minimum absolute atomic E-state index is 0.00958. The predicted octanol–water partition coefficient (Wildman–Crippen LogP) is 0.837. The molecule has 1 aromatic rings. The lowest BCUT2D eigenvalue weighted by Crippen LogP contribution is -2.47. The van der Waals surface area contributed by atoms with E-state index in [1.165, 1.54) is 0 Å². The van der Waals surface area contributed by atoms with Crippen molar-refractivity contribution in [2.45, 2.75) is 58.2 Å². The standard InChI is InChI=1S/C15H24N4O2S/c1-9(2)18-15(21)12-6-11(16)7-19(12)14(20)5-4-13-10(3)17-8-22-13/h8-9,11-12H,4-7,16H2,1-3H3,(H,18,21)/t11-,12+/m1/s1. The van der Waals surface area contributed by atoms with E-state index in [-0.39, 0.29) is 23.9 Å². The maximum absolute atomic E-state index is 12.5. The molecule has 0 unspecified atom stereocenters. The van der Waals surface area contributed by atoms with Crippen LogP contribution < -0.4 is 11.1 Å². The summed E-state index contributed by atoms with van der Waals surface area (Å²) in [5.74, 6) is -0.116. The van der Waals surface area contributed by atoms with E-state index < -0.39 is 6.04 Å². The zero-order valence-electron chi connectivity index (χ0n) is 13.3. The molecule has 1 aliphatic rings. The van der Waals surface area contributed by atoms with Crippen LogP contribution in [0.4, 0.5) is 0 Å². The van der Waals surface area contributed by atoms with Gasteiger partial charge in [0, 0.05) is 29.9 Å². The van der Waals surface area contributed by atoms with Crippen LogP contribution in [0.25, 0.3) is 0 Å². The number of carbonyl (C=O) groups is 2. The fraction of sp³-hybridized carbons (Fsp3) is 0.667. The second kappa shape index (κ2) is 7.19. The number of nitrogens with zero attached hydrogens (tertiary/aromatic N) is 2. The van der Waals surface area contributed by atoms with Crippen LogP contribution in [0, 0.1) is 6.92 Å². The molecule has 1 saturated heterocycles. The van der Waals surface area contributed by atoms with Crippen molar-refractivity contribution >= 4 is 23.2 Å². The number of likely N-dealkylation sites (tertiary alicyclic amines) is 1. The first-order valence-corrected chi connectivity index (χ1v) is 8.50. The molecule has 7 heteroatoms. The van der Waals surface area contributed by atoms with Gasteiger partial charge in [-0.25, -0.2) is 4.98 Å². The van der Waals surface area contributed by atoms with Crippen LogP contribution in [-0.4, -0.2) is 46.4 Å². The minimum atomic E-state index is -0.438. The molecule has 1 aliphatic heterocycles. The Bertz CT molecular complexity index is 543. The Hall–Kier alpha value is -1.47. The maximum atomic E-state index is 12.5. The number of carbonyl (C=O) groups excluding carboxylic acids is 2. The lowest BCUT2D eigenvalue weighted by molar-refractivity contribution is -0.138. The summed E-state index contributed by atoms with van der Waals surface area (Å²) in [6.45, 7) is 6.22. The van der Waals surface area contributed by atoms with Crippen LogP contribution >= 0.6 is 11.3 Å². The van der Waals surface area contributed by atoms with Gasteiger partial charge in [0.2, 0.25) is 11.8 Å². The van der Waals surface area contributed by atoms with E-state index in [2.05, 4.69) is 10.3 Å². The predicted molar refractivity (Wildman–Crippen MR) is 86.5 cm³/mol. The van der Waals surface area contributed by atoms with Crippen molar-refractivity contribution in [2.24, 2.45) is 5.73 Å². The van der Waals surface area contributed by atoms with E-state index in [0.29, 0.717) is 25.8 Å². The normalized spacial score (nSPS) is 21.4. The van der Waals surface area contributed by atoms with Gasteiger partial charge in [-0.15, -0.1) is 11.3 Å². The number of amides is 2. The molecule has 0 bridgehead atoms. The van der Waals surface area contributed by atoms with Crippen LogP contribution in [0.5, 0.6) is 0 Å². The fourth-order valence-electron chi connectivity index (χ4n) is 2.70. The Morgan fingerprint density at radius 2 is 2.27 bits per heavy atom. The Labute approximate surface area is 135 Å². The molecule has 3 N–H and O–H groups in total. The van der Waals surface area contributed by atoms with Crippen molar-refractivity contribution in [1.82, 2.24) is 15.2 Å². The van der Waals surface area contributed by atoms with Gasteiger partial charge in [-0.1, -0.05) is 0 Å². The molecule has 2 rings (SSSR count). The van der Waals surface area contributed by atoms with Crippen molar-refractivity contribution in [2.75, 3.05) is 6.54 Å². The van der Waals surface area contributed by atoms with Crippen molar-refractivity contribution in [3.63, 3.8) is 0 Å². The monoisotopic (exact) mass is 324 g/mol. The number of hydrogen-bond donors (Lipinski definition) is 2. The van der Waals surface area contributed by atoms with Gasteiger partial charge in [-0.2, -0.15) is 0 Å². The topological polar surface area (TPSA) is 88.3 Å². The molecule has 122 valence electrons. The van der Waals surface area contributed by atoms with Crippen LogP contribution in [0.2, 0.25) is 0 Å². The molecule has 0 spiro atoms. The number of nitrogens with one attached hydrogen (secondary N) is 1. The van der Waals surface area contributed by atoms with Gasteiger partial charge in [0.15, 0.2) is 0 Å². The summed E-state index contributed by atoms with van der Waals surface area (Å²) in [5.41, 5.74) is 8.72. The second-order valence-corrected chi connectivity index (χ2v) is 7.02. The van der Waals surface area contributed by atoms with Gasteiger partial charge in [0.1, 0.15) is 6.04 Å². The van der Waals surface area contributed by atoms with Crippen LogP contribution in [0.1, 0.15) is 37.3 Å². The average Bonchev–Trinajstić information content (AvgIpc) is 3.01. The van der Waals surface area contributed by atoms with E-state index in [9.17, 15) is 9.59 Å². The third-order valence-electron chi connectivity index (χ3n) is 3.80. The Balaban J connectivity index is 1.97. The highest BCUT2D eigenvalue weighted by Crippen LogP contribution is 2.20.